The van der Waals surface area contributed by atoms with E-state index in [9.17, 15) is 0 Å². The molecule has 0 aliphatic carbocycles. The van der Waals surface area contributed by atoms with Crippen LogP contribution in [0.1, 0.15) is 10.9 Å². The van der Waals surface area contributed by atoms with Crippen LogP contribution < -0.4 is 10.1 Å². The summed E-state index contributed by atoms with van der Waals surface area (Å²) in [7, 11) is 1.69. The van der Waals surface area contributed by atoms with E-state index in [0.717, 1.165) is 5.75 Å². The van der Waals surface area contributed by atoms with E-state index in [1.807, 2.05) is 23.9 Å². The third-order valence-corrected chi connectivity index (χ3v) is 4.07. The molecule has 3 rings (SSSR count). The zero-order chi connectivity index (χ0) is 11.7. The first kappa shape index (κ1) is 10.5. The standard InChI is InChI=1S/C14H13NOS/c1-16-11-8-6-10(7-9-11)14-15-12-4-2-3-5-13(12)17-14/h2-9,14-15H,1H3/t14-/m0/s1. The molecule has 0 saturated heterocycles. The maximum absolute atomic E-state index is 5.17. The average Bonchev–Trinajstić information content (AvgIpc) is 2.82. The molecule has 1 heterocycles. The van der Waals surface area contributed by atoms with E-state index in [2.05, 4.69) is 41.7 Å². The van der Waals surface area contributed by atoms with Crippen LogP contribution in [0.3, 0.4) is 0 Å². The number of ether oxygens (including phenoxy) is 1. The molecule has 3 heteroatoms. The van der Waals surface area contributed by atoms with Crippen LogP contribution in [0.25, 0.3) is 0 Å². The number of para-hydroxylation sites is 1. The molecule has 86 valence electrons. The van der Waals surface area contributed by atoms with Gasteiger partial charge in [-0.3, -0.25) is 0 Å². The van der Waals surface area contributed by atoms with Crippen LogP contribution in [0.2, 0.25) is 0 Å². The molecule has 0 spiro atoms. The number of benzene rings is 2. The quantitative estimate of drug-likeness (QED) is 0.864. The molecule has 1 N–H and O–H groups in total. The first-order valence-corrected chi connectivity index (χ1v) is 6.41. The molecule has 0 saturated carbocycles. The van der Waals surface area contributed by atoms with Crippen molar-refractivity contribution in [1.82, 2.24) is 0 Å². The second-order valence-corrected chi connectivity index (χ2v) is 5.06. The lowest BCUT2D eigenvalue weighted by Gasteiger charge is -2.11. The third kappa shape index (κ3) is 1.98. The number of rotatable bonds is 2. The van der Waals surface area contributed by atoms with Crippen LogP contribution in [-0.2, 0) is 0 Å². The Hall–Kier alpha value is -1.61. The van der Waals surface area contributed by atoms with Crippen LogP contribution in [0.4, 0.5) is 5.69 Å². The van der Waals surface area contributed by atoms with Gasteiger partial charge in [0.05, 0.1) is 7.11 Å². The van der Waals surface area contributed by atoms with E-state index >= 15 is 0 Å². The Bertz CT molecular complexity index is 499. The van der Waals surface area contributed by atoms with Crippen molar-refractivity contribution in [3.05, 3.63) is 54.1 Å². The number of anilines is 1. The molecule has 0 radical (unpaired) electrons. The Morgan fingerprint density at radius 1 is 1.06 bits per heavy atom. The average molecular weight is 243 g/mol. The van der Waals surface area contributed by atoms with Crippen molar-refractivity contribution in [2.45, 2.75) is 10.3 Å². The number of nitrogens with one attached hydrogen (secondary N) is 1. The fourth-order valence-corrected chi connectivity index (χ4v) is 3.06. The van der Waals surface area contributed by atoms with Crippen LogP contribution >= 0.6 is 11.8 Å². The molecule has 2 aromatic rings. The van der Waals surface area contributed by atoms with Crippen molar-refractivity contribution >= 4 is 17.4 Å². The van der Waals surface area contributed by atoms with E-state index in [1.54, 1.807) is 7.11 Å². The predicted molar refractivity (Wildman–Crippen MR) is 71.7 cm³/mol. The highest BCUT2D eigenvalue weighted by molar-refractivity contribution is 8.00. The van der Waals surface area contributed by atoms with Gasteiger partial charge in [0.1, 0.15) is 11.1 Å². The molecule has 0 aromatic heterocycles. The van der Waals surface area contributed by atoms with Gasteiger partial charge in [-0.15, -0.1) is 0 Å². The van der Waals surface area contributed by atoms with Crippen molar-refractivity contribution in [1.29, 1.82) is 0 Å². The summed E-state index contributed by atoms with van der Waals surface area (Å²) in [5.41, 5.74) is 2.49. The number of fused-ring (bicyclic) bond motifs is 1. The lowest BCUT2D eigenvalue weighted by Crippen LogP contribution is -2.00. The third-order valence-electron chi connectivity index (χ3n) is 2.84. The van der Waals surface area contributed by atoms with E-state index in [-0.39, 0.29) is 0 Å². The SMILES string of the molecule is COc1ccc([C@H]2Nc3ccccc3S2)cc1. The Kier molecular flexibility index (Phi) is 2.69. The van der Waals surface area contributed by atoms with Gasteiger partial charge in [-0.1, -0.05) is 36.0 Å². The smallest absolute Gasteiger partial charge is 0.118 e. The highest BCUT2D eigenvalue weighted by Crippen LogP contribution is 2.46. The van der Waals surface area contributed by atoms with Gasteiger partial charge in [0.15, 0.2) is 0 Å². The second kappa shape index (κ2) is 4.34. The summed E-state index contributed by atoms with van der Waals surface area (Å²) in [6.07, 6.45) is 0. The Morgan fingerprint density at radius 3 is 2.53 bits per heavy atom. The summed E-state index contributed by atoms with van der Waals surface area (Å²) in [6.45, 7) is 0. The molecule has 0 bridgehead atoms. The van der Waals surface area contributed by atoms with E-state index in [1.165, 1.54) is 16.1 Å². The minimum absolute atomic E-state index is 0.304. The van der Waals surface area contributed by atoms with Crippen LogP contribution in [0, 0.1) is 0 Å². The number of hydrogen-bond acceptors (Lipinski definition) is 3. The fourth-order valence-electron chi connectivity index (χ4n) is 1.92. The first-order valence-electron chi connectivity index (χ1n) is 5.53. The topological polar surface area (TPSA) is 21.3 Å². The fraction of sp³-hybridized carbons (Fsp3) is 0.143. The maximum atomic E-state index is 5.17. The molecule has 17 heavy (non-hydrogen) atoms. The first-order chi connectivity index (χ1) is 8.36. The summed E-state index contributed by atoms with van der Waals surface area (Å²) >= 11 is 1.85. The van der Waals surface area contributed by atoms with Gasteiger partial charge in [0, 0.05) is 10.6 Å². The van der Waals surface area contributed by atoms with Gasteiger partial charge in [-0.05, 0) is 29.8 Å². The summed E-state index contributed by atoms with van der Waals surface area (Å²) in [4.78, 5) is 1.31. The van der Waals surface area contributed by atoms with E-state index in [0.29, 0.717) is 5.37 Å². The van der Waals surface area contributed by atoms with Crippen molar-refractivity contribution in [2.24, 2.45) is 0 Å². The molecule has 1 atom stereocenters. The normalized spacial score (nSPS) is 17.4. The van der Waals surface area contributed by atoms with Crippen molar-refractivity contribution in [3.8, 4) is 5.75 Å². The molecular formula is C14H13NOS. The Balaban J connectivity index is 1.83. The summed E-state index contributed by atoms with van der Waals surface area (Å²) < 4.78 is 5.17. The molecule has 2 nitrogen and oxygen atoms in total. The van der Waals surface area contributed by atoms with Gasteiger partial charge in [-0.2, -0.15) is 0 Å². The molecule has 0 amide bonds. The molecule has 0 unspecified atom stereocenters. The Labute approximate surface area is 105 Å². The molecule has 0 fully saturated rings. The second-order valence-electron chi connectivity index (χ2n) is 3.91. The van der Waals surface area contributed by atoms with Gasteiger partial charge in [0.25, 0.3) is 0 Å². The lowest BCUT2D eigenvalue weighted by molar-refractivity contribution is 0.414. The number of thioether (sulfide) groups is 1. The summed E-state index contributed by atoms with van der Waals surface area (Å²) in [6, 6.07) is 16.6. The van der Waals surface area contributed by atoms with Crippen LogP contribution in [0.15, 0.2) is 53.4 Å². The van der Waals surface area contributed by atoms with Crippen molar-refractivity contribution in [2.75, 3.05) is 12.4 Å². The summed E-state index contributed by atoms with van der Waals surface area (Å²) in [5, 5.41) is 3.81. The van der Waals surface area contributed by atoms with Gasteiger partial charge in [0.2, 0.25) is 0 Å². The molecule has 2 aromatic carbocycles. The summed E-state index contributed by atoms with van der Waals surface area (Å²) in [5.74, 6) is 0.897. The van der Waals surface area contributed by atoms with Gasteiger partial charge >= 0.3 is 0 Å². The highest BCUT2D eigenvalue weighted by Gasteiger charge is 2.21. The van der Waals surface area contributed by atoms with Crippen LogP contribution in [0.5, 0.6) is 5.75 Å². The largest absolute Gasteiger partial charge is 0.497 e. The monoisotopic (exact) mass is 243 g/mol. The number of hydrogen-bond donors (Lipinski definition) is 1. The lowest BCUT2D eigenvalue weighted by atomic mass is 10.2. The van der Waals surface area contributed by atoms with Crippen molar-refractivity contribution < 1.29 is 4.74 Å². The minimum atomic E-state index is 0.304. The highest BCUT2D eigenvalue weighted by atomic mass is 32.2. The predicted octanol–water partition coefficient (Wildman–Crippen LogP) is 3.91. The molecule has 1 aliphatic rings. The zero-order valence-corrected chi connectivity index (χ0v) is 10.3. The van der Waals surface area contributed by atoms with Gasteiger partial charge in [-0.25, -0.2) is 0 Å². The van der Waals surface area contributed by atoms with Gasteiger partial charge < -0.3 is 10.1 Å². The minimum Gasteiger partial charge on any atom is -0.497 e. The number of methoxy groups -OCH3 is 1. The molecule has 1 aliphatic heterocycles. The van der Waals surface area contributed by atoms with E-state index in [4.69, 9.17) is 4.74 Å². The zero-order valence-electron chi connectivity index (χ0n) is 9.51. The molecular weight excluding hydrogens is 230 g/mol. The van der Waals surface area contributed by atoms with E-state index < -0.39 is 0 Å². The Morgan fingerprint density at radius 2 is 1.82 bits per heavy atom. The maximum Gasteiger partial charge on any atom is 0.118 e. The van der Waals surface area contributed by atoms with Crippen molar-refractivity contribution in [3.63, 3.8) is 0 Å². The van der Waals surface area contributed by atoms with Crippen LogP contribution in [-0.4, -0.2) is 7.11 Å².